The van der Waals surface area contributed by atoms with Gasteiger partial charge in [-0.3, -0.25) is 4.79 Å². The molecule has 1 saturated heterocycles. The molecule has 0 spiro atoms. The van der Waals surface area contributed by atoms with Gasteiger partial charge in [-0.15, -0.1) is 0 Å². The van der Waals surface area contributed by atoms with Gasteiger partial charge >= 0.3 is 0 Å². The van der Waals surface area contributed by atoms with E-state index in [4.69, 9.17) is 9.47 Å². The van der Waals surface area contributed by atoms with E-state index in [1.165, 1.54) is 22.5 Å². The van der Waals surface area contributed by atoms with E-state index in [0.29, 0.717) is 30.2 Å². The summed E-state index contributed by atoms with van der Waals surface area (Å²) in [5.74, 6) is 1.06. The van der Waals surface area contributed by atoms with Crippen LogP contribution < -0.4 is 9.47 Å². The topological polar surface area (TPSA) is 72.9 Å². The van der Waals surface area contributed by atoms with E-state index in [0.717, 1.165) is 24.8 Å². The van der Waals surface area contributed by atoms with Crippen molar-refractivity contribution < 1.29 is 22.7 Å². The highest BCUT2D eigenvalue weighted by molar-refractivity contribution is 7.89. The van der Waals surface area contributed by atoms with Crippen LogP contribution in [0.25, 0.3) is 6.08 Å². The zero-order valence-electron chi connectivity index (χ0n) is 15.3. The van der Waals surface area contributed by atoms with Gasteiger partial charge in [-0.1, -0.05) is 18.6 Å². The van der Waals surface area contributed by atoms with Crippen molar-refractivity contribution in [3.05, 3.63) is 59.7 Å². The highest BCUT2D eigenvalue weighted by Gasteiger charge is 2.25. The molecule has 2 aromatic rings. The minimum Gasteiger partial charge on any atom is -0.454 e. The standard InChI is InChI=1S/C21H21NO5S/c23-19(12-9-17-5-4-6-20-21(17)27-15-26-20)16-7-10-18(11-8-16)28(24,25)22-13-2-1-3-14-22/h4-12H,1-3,13-15H2. The zero-order valence-corrected chi connectivity index (χ0v) is 16.2. The molecule has 0 aromatic heterocycles. The fourth-order valence-corrected chi connectivity index (χ4v) is 4.91. The van der Waals surface area contributed by atoms with Gasteiger partial charge in [0.2, 0.25) is 16.8 Å². The Kier molecular flexibility index (Phi) is 5.19. The van der Waals surface area contributed by atoms with Crippen molar-refractivity contribution >= 4 is 21.9 Å². The van der Waals surface area contributed by atoms with Crippen LogP contribution in [0.5, 0.6) is 11.5 Å². The lowest BCUT2D eigenvalue weighted by Crippen LogP contribution is -2.35. The second-order valence-corrected chi connectivity index (χ2v) is 8.71. The first-order valence-corrected chi connectivity index (χ1v) is 10.7. The molecule has 146 valence electrons. The van der Waals surface area contributed by atoms with E-state index in [1.54, 1.807) is 18.2 Å². The number of sulfonamides is 1. The maximum absolute atomic E-state index is 12.7. The van der Waals surface area contributed by atoms with Gasteiger partial charge in [0.1, 0.15) is 0 Å². The normalized spacial score (nSPS) is 17.1. The molecule has 0 radical (unpaired) electrons. The molecule has 2 aliphatic heterocycles. The van der Waals surface area contributed by atoms with Crippen LogP contribution in [-0.4, -0.2) is 38.4 Å². The van der Waals surface area contributed by atoms with Crippen molar-refractivity contribution in [1.29, 1.82) is 0 Å². The number of carbonyl (C=O) groups excluding carboxylic acids is 1. The number of allylic oxidation sites excluding steroid dienone is 1. The van der Waals surface area contributed by atoms with E-state index >= 15 is 0 Å². The number of nitrogens with zero attached hydrogens (tertiary/aromatic N) is 1. The van der Waals surface area contributed by atoms with Crippen molar-refractivity contribution in [2.45, 2.75) is 24.2 Å². The largest absolute Gasteiger partial charge is 0.454 e. The lowest BCUT2D eigenvalue weighted by molar-refractivity contribution is 0.104. The number of hydrogen-bond donors (Lipinski definition) is 0. The molecule has 2 aromatic carbocycles. The molecule has 0 N–H and O–H groups in total. The molecule has 4 rings (SSSR count). The number of hydrogen-bond acceptors (Lipinski definition) is 5. The predicted molar refractivity (Wildman–Crippen MR) is 105 cm³/mol. The Balaban J connectivity index is 1.49. The fourth-order valence-electron chi connectivity index (χ4n) is 3.39. The lowest BCUT2D eigenvalue weighted by atomic mass is 10.1. The summed E-state index contributed by atoms with van der Waals surface area (Å²) in [5.41, 5.74) is 1.19. The summed E-state index contributed by atoms with van der Waals surface area (Å²) < 4.78 is 37.6. The van der Waals surface area contributed by atoms with Crippen LogP contribution in [0.2, 0.25) is 0 Å². The average Bonchev–Trinajstić information content (AvgIpc) is 3.22. The number of carbonyl (C=O) groups is 1. The molecule has 0 unspecified atom stereocenters. The van der Waals surface area contributed by atoms with E-state index < -0.39 is 10.0 Å². The molecular weight excluding hydrogens is 378 g/mol. The zero-order chi connectivity index (χ0) is 19.6. The summed E-state index contributed by atoms with van der Waals surface area (Å²) in [7, 11) is -3.49. The highest BCUT2D eigenvalue weighted by atomic mass is 32.2. The predicted octanol–water partition coefficient (Wildman–Crippen LogP) is 3.49. The van der Waals surface area contributed by atoms with E-state index in [-0.39, 0.29) is 17.5 Å². The summed E-state index contributed by atoms with van der Waals surface area (Å²) in [6.07, 6.45) is 5.96. The third-order valence-corrected chi connectivity index (χ3v) is 6.85. The van der Waals surface area contributed by atoms with Crippen LogP contribution in [0, 0.1) is 0 Å². The van der Waals surface area contributed by atoms with Gasteiger partial charge in [-0.05, 0) is 55.3 Å². The number of piperidine rings is 1. The Morgan fingerprint density at radius 1 is 0.964 bits per heavy atom. The maximum Gasteiger partial charge on any atom is 0.243 e. The number of fused-ring (bicyclic) bond motifs is 1. The summed E-state index contributed by atoms with van der Waals surface area (Å²) >= 11 is 0. The summed E-state index contributed by atoms with van der Waals surface area (Å²) in [6, 6.07) is 11.6. The molecule has 2 heterocycles. The summed E-state index contributed by atoms with van der Waals surface area (Å²) in [4.78, 5) is 12.7. The van der Waals surface area contributed by atoms with Gasteiger partial charge < -0.3 is 9.47 Å². The molecule has 7 heteroatoms. The first-order valence-electron chi connectivity index (χ1n) is 9.27. The van der Waals surface area contributed by atoms with Crippen LogP contribution in [0.1, 0.15) is 35.2 Å². The molecule has 1 fully saturated rings. The number of para-hydroxylation sites is 1. The van der Waals surface area contributed by atoms with Crippen molar-refractivity contribution in [2.24, 2.45) is 0 Å². The molecule has 0 atom stereocenters. The number of ether oxygens (including phenoxy) is 2. The third-order valence-electron chi connectivity index (χ3n) is 4.93. The van der Waals surface area contributed by atoms with Gasteiger partial charge in [-0.25, -0.2) is 8.42 Å². The monoisotopic (exact) mass is 399 g/mol. The minimum absolute atomic E-state index is 0.168. The maximum atomic E-state index is 12.7. The van der Waals surface area contributed by atoms with Gasteiger partial charge in [0, 0.05) is 24.2 Å². The molecule has 0 bridgehead atoms. The van der Waals surface area contributed by atoms with Crippen LogP contribution in [0.15, 0.2) is 53.4 Å². The van der Waals surface area contributed by atoms with Crippen LogP contribution >= 0.6 is 0 Å². The first kappa shape index (κ1) is 18.7. The quantitative estimate of drug-likeness (QED) is 0.568. The Morgan fingerprint density at radius 2 is 1.71 bits per heavy atom. The molecule has 28 heavy (non-hydrogen) atoms. The number of ketones is 1. The SMILES string of the molecule is O=C(C=Cc1cccc2c1OCO2)c1ccc(S(=O)(=O)N2CCCCC2)cc1. The fraction of sp³-hybridized carbons (Fsp3) is 0.286. The third kappa shape index (κ3) is 3.68. The van der Waals surface area contributed by atoms with Crippen LogP contribution in [-0.2, 0) is 10.0 Å². The second kappa shape index (κ2) is 7.77. The second-order valence-electron chi connectivity index (χ2n) is 6.77. The highest BCUT2D eigenvalue weighted by Crippen LogP contribution is 2.36. The average molecular weight is 399 g/mol. The van der Waals surface area contributed by atoms with E-state index in [2.05, 4.69) is 0 Å². The molecular formula is C21H21NO5S. The minimum atomic E-state index is -3.49. The Bertz CT molecular complexity index is 1010. The molecule has 2 aliphatic rings. The Hall–Kier alpha value is -2.64. The lowest BCUT2D eigenvalue weighted by Gasteiger charge is -2.25. The molecule has 0 aliphatic carbocycles. The van der Waals surface area contributed by atoms with Gasteiger partial charge in [0.15, 0.2) is 17.3 Å². The van der Waals surface area contributed by atoms with Gasteiger partial charge in [-0.2, -0.15) is 4.31 Å². The number of benzene rings is 2. The van der Waals surface area contributed by atoms with Crippen molar-refractivity contribution in [3.8, 4) is 11.5 Å². The van der Waals surface area contributed by atoms with Crippen molar-refractivity contribution in [2.75, 3.05) is 19.9 Å². The first-order chi connectivity index (χ1) is 13.6. The van der Waals surface area contributed by atoms with E-state index in [1.807, 2.05) is 18.2 Å². The smallest absolute Gasteiger partial charge is 0.243 e. The van der Waals surface area contributed by atoms with Crippen LogP contribution in [0.4, 0.5) is 0 Å². The Morgan fingerprint density at radius 3 is 2.46 bits per heavy atom. The Labute approximate surface area is 164 Å². The van der Waals surface area contributed by atoms with Crippen molar-refractivity contribution in [3.63, 3.8) is 0 Å². The molecule has 6 nitrogen and oxygen atoms in total. The molecule has 0 amide bonds. The number of rotatable bonds is 5. The van der Waals surface area contributed by atoms with Crippen molar-refractivity contribution in [1.82, 2.24) is 4.31 Å². The van der Waals surface area contributed by atoms with Crippen LogP contribution in [0.3, 0.4) is 0 Å². The molecule has 0 saturated carbocycles. The van der Waals surface area contributed by atoms with Gasteiger partial charge in [0.25, 0.3) is 0 Å². The van der Waals surface area contributed by atoms with E-state index in [9.17, 15) is 13.2 Å². The van der Waals surface area contributed by atoms with Gasteiger partial charge in [0.05, 0.1) is 4.90 Å². The summed E-state index contributed by atoms with van der Waals surface area (Å²) in [5, 5.41) is 0. The summed E-state index contributed by atoms with van der Waals surface area (Å²) in [6.45, 7) is 1.28.